The van der Waals surface area contributed by atoms with Gasteiger partial charge in [0.1, 0.15) is 5.78 Å². The first-order valence-corrected chi connectivity index (χ1v) is 6.29. The lowest BCUT2D eigenvalue weighted by atomic mass is 9.93. The summed E-state index contributed by atoms with van der Waals surface area (Å²) in [6.07, 6.45) is 0.487. The maximum absolute atomic E-state index is 11.9. The summed E-state index contributed by atoms with van der Waals surface area (Å²) < 4.78 is 0. The molecule has 0 aromatic heterocycles. The summed E-state index contributed by atoms with van der Waals surface area (Å²) >= 11 is 0. The van der Waals surface area contributed by atoms with Crippen LogP contribution in [0.5, 0.6) is 0 Å². The van der Waals surface area contributed by atoms with Crippen molar-refractivity contribution in [2.75, 3.05) is 0 Å². The molecule has 0 bridgehead atoms. The summed E-state index contributed by atoms with van der Waals surface area (Å²) in [6.45, 7) is 8.11. The molecule has 0 aliphatic carbocycles. The van der Waals surface area contributed by atoms with Gasteiger partial charge in [0.05, 0.1) is 0 Å². The summed E-state index contributed by atoms with van der Waals surface area (Å²) in [4.78, 5) is 11.9. The van der Waals surface area contributed by atoms with Crippen LogP contribution < -0.4 is 5.73 Å². The second-order valence-corrected chi connectivity index (χ2v) is 5.19. The summed E-state index contributed by atoms with van der Waals surface area (Å²) in [5.74, 6) is 0.680. The molecule has 0 radical (unpaired) electrons. The fourth-order valence-corrected chi connectivity index (χ4v) is 1.68. The Morgan fingerprint density at radius 3 is 2.06 bits per heavy atom. The number of hydrogen-bond donors (Lipinski definition) is 1. The molecule has 2 atom stereocenters. The van der Waals surface area contributed by atoms with Crippen LogP contribution in [-0.4, -0.2) is 11.8 Å². The van der Waals surface area contributed by atoms with Gasteiger partial charge in [0.25, 0.3) is 0 Å². The lowest BCUT2D eigenvalue weighted by molar-refractivity contribution is -0.122. The first kappa shape index (κ1) is 13.9. The Labute approximate surface area is 104 Å². The number of benzene rings is 1. The number of rotatable bonds is 5. The lowest BCUT2D eigenvalue weighted by Crippen LogP contribution is -2.31. The van der Waals surface area contributed by atoms with Crippen molar-refractivity contribution in [3.63, 3.8) is 0 Å². The van der Waals surface area contributed by atoms with Gasteiger partial charge < -0.3 is 5.73 Å². The van der Waals surface area contributed by atoms with Crippen molar-refractivity contribution < 1.29 is 4.79 Å². The van der Waals surface area contributed by atoms with Gasteiger partial charge in [-0.05, 0) is 24.0 Å². The second-order valence-electron chi connectivity index (χ2n) is 5.19. The molecule has 2 nitrogen and oxygen atoms in total. The van der Waals surface area contributed by atoms with Crippen LogP contribution in [-0.2, 0) is 11.2 Å². The maximum atomic E-state index is 11.9. The number of carbonyl (C=O) groups excluding carboxylic acids is 1. The van der Waals surface area contributed by atoms with Crippen LogP contribution in [0.1, 0.15) is 44.7 Å². The molecule has 2 heteroatoms. The Bertz CT molecular complexity index is 365. The average Bonchev–Trinajstić information content (AvgIpc) is 2.28. The Balaban J connectivity index is 2.66. The van der Waals surface area contributed by atoms with Crippen molar-refractivity contribution in [2.45, 2.75) is 46.1 Å². The first-order valence-electron chi connectivity index (χ1n) is 6.29. The highest BCUT2D eigenvalue weighted by Gasteiger charge is 2.17. The van der Waals surface area contributed by atoms with E-state index in [2.05, 4.69) is 26.0 Å². The Hall–Kier alpha value is -1.15. The van der Waals surface area contributed by atoms with Crippen molar-refractivity contribution >= 4 is 5.78 Å². The fraction of sp³-hybridized carbons (Fsp3) is 0.533. The van der Waals surface area contributed by atoms with Crippen molar-refractivity contribution in [2.24, 2.45) is 11.7 Å². The summed E-state index contributed by atoms with van der Waals surface area (Å²) in [5, 5.41) is 0. The third-order valence-corrected chi connectivity index (χ3v) is 3.32. The van der Waals surface area contributed by atoms with Crippen LogP contribution in [0.2, 0.25) is 0 Å². The highest BCUT2D eigenvalue weighted by Crippen LogP contribution is 2.16. The monoisotopic (exact) mass is 233 g/mol. The third-order valence-electron chi connectivity index (χ3n) is 3.32. The third kappa shape index (κ3) is 3.97. The molecule has 0 heterocycles. The van der Waals surface area contributed by atoms with E-state index in [-0.39, 0.29) is 17.7 Å². The predicted octanol–water partition coefficient (Wildman–Crippen LogP) is 2.90. The molecule has 2 N–H and O–H groups in total. The number of nitrogens with two attached hydrogens (primary N) is 1. The number of carbonyl (C=O) groups is 1. The molecule has 94 valence electrons. The zero-order valence-corrected chi connectivity index (χ0v) is 11.2. The zero-order valence-electron chi connectivity index (χ0n) is 11.2. The molecule has 0 aliphatic heterocycles. The Morgan fingerprint density at radius 2 is 1.65 bits per heavy atom. The van der Waals surface area contributed by atoms with Crippen LogP contribution in [0.25, 0.3) is 0 Å². The van der Waals surface area contributed by atoms with E-state index in [1.54, 1.807) is 0 Å². The predicted molar refractivity (Wildman–Crippen MR) is 72.1 cm³/mol. The number of hydrogen-bond acceptors (Lipinski definition) is 2. The van der Waals surface area contributed by atoms with E-state index >= 15 is 0 Å². The molecule has 0 saturated heterocycles. The van der Waals surface area contributed by atoms with E-state index < -0.39 is 0 Å². The molecule has 17 heavy (non-hydrogen) atoms. The van der Waals surface area contributed by atoms with Gasteiger partial charge >= 0.3 is 0 Å². The van der Waals surface area contributed by atoms with E-state index in [1.807, 2.05) is 26.0 Å². The standard InChI is InChI=1S/C15H23NO/c1-10(2)14-7-5-13(6-8-14)9-15(17)11(3)12(4)16/h5-8,10-12H,9,16H2,1-4H3. The highest BCUT2D eigenvalue weighted by molar-refractivity contribution is 5.83. The van der Waals surface area contributed by atoms with Gasteiger partial charge in [0.15, 0.2) is 0 Å². The van der Waals surface area contributed by atoms with E-state index in [4.69, 9.17) is 5.73 Å². The lowest BCUT2D eigenvalue weighted by Gasteiger charge is -2.14. The Kier molecular flexibility index (Phi) is 4.88. The topological polar surface area (TPSA) is 43.1 Å². The minimum Gasteiger partial charge on any atom is -0.327 e. The summed E-state index contributed by atoms with van der Waals surface area (Å²) in [5.41, 5.74) is 8.12. The fourth-order valence-electron chi connectivity index (χ4n) is 1.68. The van der Waals surface area contributed by atoms with Gasteiger partial charge in [-0.3, -0.25) is 4.79 Å². The van der Waals surface area contributed by atoms with Crippen LogP contribution in [0.4, 0.5) is 0 Å². The highest BCUT2D eigenvalue weighted by atomic mass is 16.1. The molecular weight excluding hydrogens is 210 g/mol. The van der Waals surface area contributed by atoms with Crippen molar-refractivity contribution in [3.05, 3.63) is 35.4 Å². The van der Waals surface area contributed by atoms with Gasteiger partial charge in [0, 0.05) is 18.4 Å². The summed E-state index contributed by atoms with van der Waals surface area (Å²) in [7, 11) is 0. The minimum absolute atomic E-state index is 0.0697. The van der Waals surface area contributed by atoms with E-state index in [9.17, 15) is 4.79 Å². The van der Waals surface area contributed by atoms with E-state index in [0.29, 0.717) is 12.3 Å². The Morgan fingerprint density at radius 1 is 1.12 bits per heavy atom. The minimum atomic E-state index is -0.0718. The van der Waals surface area contributed by atoms with Gasteiger partial charge in [-0.25, -0.2) is 0 Å². The summed E-state index contributed by atoms with van der Waals surface area (Å²) in [6, 6.07) is 8.22. The van der Waals surface area contributed by atoms with E-state index in [1.165, 1.54) is 5.56 Å². The number of ketones is 1. The van der Waals surface area contributed by atoms with Crippen LogP contribution in [0.15, 0.2) is 24.3 Å². The van der Waals surface area contributed by atoms with Gasteiger partial charge in [-0.2, -0.15) is 0 Å². The normalized spacial score (nSPS) is 14.7. The van der Waals surface area contributed by atoms with Gasteiger partial charge in [0.2, 0.25) is 0 Å². The molecule has 2 unspecified atom stereocenters. The smallest absolute Gasteiger partial charge is 0.141 e. The molecule has 0 aliphatic rings. The van der Waals surface area contributed by atoms with Gasteiger partial charge in [-0.15, -0.1) is 0 Å². The van der Waals surface area contributed by atoms with Gasteiger partial charge in [-0.1, -0.05) is 45.0 Å². The zero-order chi connectivity index (χ0) is 13.0. The molecule has 1 aromatic carbocycles. The van der Waals surface area contributed by atoms with Crippen LogP contribution >= 0.6 is 0 Å². The molecular formula is C15H23NO. The molecule has 0 amide bonds. The van der Waals surface area contributed by atoms with Crippen LogP contribution in [0, 0.1) is 5.92 Å². The quantitative estimate of drug-likeness (QED) is 0.849. The average molecular weight is 233 g/mol. The second kappa shape index (κ2) is 5.97. The van der Waals surface area contributed by atoms with Crippen molar-refractivity contribution in [1.29, 1.82) is 0 Å². The number of Topliss-reactive ketones (excluding diaryl/α,β-unsaturated/α-hetero) is 1. The van der Waals surface area contributed by atoms with Crippen LogP contribution in [0.3, 0.4) is 0 Å². The largest absolute Gasteiger partial charge is 0.327 e. The molecule has 0 saturated carbocycles. The van der Waals surface area contributed by atoms with Crippen molar-refractivity contribution in [3.8, 4) is 0 Å². The SMILES string of the molecule is CC(C)c1ccc(CC(=O)C(C)C(C)N)cc1. The first-order chi connectivity index (χ1) is 7.91. The molecule has 0 fully saturated rings. The molecule has 1 aromatic rings. The molecule has 1 rings (SSSR count). The molecule has 0 spiro atoms. The maximum Gasteiger partial charge on any atom is 0.141 e. The van der Waals surface area contributed by atoms with E-state index in [0.717, 1.165) is 5.56 Å². The van der Waals surface area contributed by atoms with Crippen molar-refractivity contribution in [1.82, 2.24) is 0 Å².